The molecule has 0 aromatic carbocycles. The second-order valence-electron chi connectivity index (χ2n) is 4.19. The van der Waals surface area contributed by atoms with Crippen molar-refractivity contribution < 1.29 is 22.7 Å². The molecule has 2 aromatic rings. The van der Waals surface area contributed by atoms with Gasteiger partial charge in [-0.2, -0.15) is 0 Å². The molecule has 2 N–H and O–H groups in total. The Morgan fingerprint density at radius 2 is 2.25 bits per heavy atom. The molecule has 0 bridgehead atoms. The minimum atomic E-state index is -3.75. The first kappa shape index (κ1) is 14.3. The zero-order valence-corrected chi connectivity index (χ0v) is 11.6. The van der Waals surface area contributed by atoms with Gasteiger partial charge in [-0.15, -0.1) is 0 Å². The molecule has 0 radical (unpaired) electrons. The molecule has 0 spiro atoms. The SMILES string of the molecule is Cc1oc(CNS(=O)(=O)c2cn(C)cn2)cc1C(=O)O. The molecule has 2 aromatic heterocycles. The average Bonchev–Trinajstić information content (AvgIpc) is 2.93. The number of nitrogens with one attached hydrogen (secondary N) is 1. The monoisotopic (exact) mass is 299 g/mol. The van der Waals surface area contributed by atoms with E-state index in [0.717, 1.165) is 0 Å². The minimum absolute atomic E-state index is 0.0111. The van der Waals surface area contributed by atoms with Gasteiger partial charge in [-0.1, -0.05) is 0 Å². The lowest BCUT2D eigenvalue weighted by molar-refractivity contribution is 0.0695. The number of hydrogen-bond donors (Lipinski definition) is 2. The largest absolute Gasteiger partial charge is 0.478 e. The van der Waals surface area contributed by atoms with E-state index < -0.39 is 16.0 Å². The number of aromatic carboxylic acids is 1. The fourth-order valence-corrected chi connectivity index (χ4v) is 2.58. The molecule has 0 unspecified atom stereocenters. The highest BCUT2D eigenvalue weighted by Crippen LogP contribution is 2.15. The average molecular weight is 299 g/mol. The standard InChI is InChI=1S/C11H13N3O5S/c1-7-9(11(15)16)3-8(19-7)4-13-20(17,18)10-5-14(2)6-12-10/h3,5-6,13H,4H2,1-2H3,(H,15,16). The third kappa shape index (κ3) is 2.89. The molecule has 2 rings (SSSR count). The molecule has 2 heterocycles. The number of imidazole rings is 1. The van der Waals surface area contributed by atoms with E-state index in [1.807, 2.05) is 0 Å². The van der Waals surface area contributed by atoms with Crippen molar-refractivity contribution in [3.8, 4) is 0 Å². The Kier molecular flexibility index (Phi) is 3.64. The molecule has 8 nitrogen and oxygen atoms in total. The van der Waals surface area contributed by atoms with Crippen LogP contribution in [0.3, 0.4) is 0 Å². The molecule has 20 heavy (non-hydrogen) atoms. The van der Waals surface area contributed by atoms with E-state index >= 15 is 0 Å². The Morgan fingerprint density at radius 1 is 1.55 bits per heavy atom. The molecule has 0 saturated heterocycles. The number of furan rings is 1. The predicted molar refractivity (Wildman–Crippen MR) is 67.6 cm³/mol. The molecule has 9 heteroatoms. The van der Waals surface area contributed by atoms with E-state index in [2.05, 4.69) is 9.71 Å². The van der Waals surface area contributed by atoms with Crippen LogP contribution in [-0.2, 0) is 23.6 Å². The summed E-state index contributed by atoms with van der Waals surface area (Å²) in [7, 11) is -2.10. The van der Waals surface area contributed by atoms with E-state index in [0.29, 0.717) is 0 Å². The summed E-state index contributed by atoms with van der Waals surface area (Å²) in [4.78, 5) is 14.6. The van der Waals surface area contributed by atoms with Crippen LogP contribution >= 0.6 is 0 Å². The molecular formula is C11H13N3O5S. The highest BCUT2D eigenvalue weighted by Gasteiger charge is 2.19. The maximum Gasteiger partial charge on any atom is 0.339 e. The molecule has 0 saturated carbocycles. The third-order valence-corrected chi connectivity index (χ3v) is 3.88. The Bertz CT molecular complexity index is 744. The normalized spacial score (nSPS) is 11.7. The van der Waals surface area contributed by atoms with Gasteiger partial charge in [-0.25, -0.2) is 22.9 Å². The lowest BCUT2D eigenvalue weighted by Crippen LogP contribution is -2.23. The topological polar surface area (TPSA) is 114 Å². The number of aromatic nitrogens is 2. The van der Waals surface area contributed by atoms with Gasteiger partial charge in [-0.05, 0) is 13.0 Å². The third-order valence-electron chi connectivity index (χ3n) is 2.59. The molecule has 0 aliphatic carbocycles. The predicted octanol–water partition coefficient (Wildman–Crippen LogP) is 0.498. The van der Waals surface area contributed by atoms with Crippen LogP contribution in [0.4, 0.5) is 0 Å². The van der Waals surface area contributed by atoms with Gasteiger partial charge >= 0.3 is 5.97 Å². The first-order valence-electron chi connectivity index (χ1n) is 5.60. The fraction of sp³-hybridized carbons (Fsp3) is 0.273. The van der Waals surface area contributed by atoms with Crippen molar-refractivity contribution in [1.82, 2.24) is 14.3 Å². The Balaban J connectivity index is 2.12. The van der Waals surface area contributed by atoms with Gasteiger partial charge in [0, 0.05) is 13.2 Å². The Hall–Kier alpha value is -2.13. The molecule has 0 aliphatic heterocycles. The highest BCUT2D eigenvalue weighted by atomic mass is 32.2. The van der Waals surface area contributed by atoms with Crippen LogP contribution in [0.25, 0.3) is 0 Å². The summed E-state index contributed by atoms with van der Waals surface area (Å²) in [5.74, 6) is -0.672. The summed E-state index contributed by atoms with van der Waals surface area (Å²) in [6.07, 6.45) is 2.73. The van der Waals surface area contributed by atoms with E-state index in [1.54, 1.807) is 7.05 Å². The second kappa shape index (κ2) is 5.10. The molecule has 0 atom stereocenters. The van der Waals surface area contributed by atoms with E-state index in [4.69, 9.17) is 9.52 Å². The quantitative estimate of drug-likeness (QED) is 0.830. The van der Waals surface area contributed by atoms with Crippen LogP contribution in [0.2, 0.25) is 0 Å². The number of hydrogen-bond acceptors (Lipinski definition) is 5. The number of carboxylic acid groups (broad SMARTS) is 1. The van der Waals surface area contributed by atoms with Crippen LogP contribution in [0.1, 0.15) is 21.9 Å². The number of nitrogens with zero attached hydrogens (tertiary/aromatic N) is 2. The summed E-state index contributed by atoms with van der Waals surface area (Å²) in [6, 6.07) is 1.29. The van der Waals surface area contributed by atoms with Gasteiger partial charge in [0.25, 0.3) is 10.0 Å². The van der Waals surface area contributed by atoms with Crippen LogP contribution in [0.5, 0.6) is 0 Å². The number of carbonyl (C=O) groups is 1. The van der Waals surface area contributed by atoms with Gasteiger partial charge in [0.1, 0.15) is 17.1 Å². The van der Waals surface area contributed by atoms with Gasteiger partial charge in [-0.3, -0.25) is 0 Å². The molecule has 0 amide bonds. The van der Waals surface area contributed by atoms with E-state index in [1.165, 1.54) is 30.1 Å². The summed E-state index contributed by atoms with van der Waals surface area (Å²) in [5.41, 5.74) is 0.0111. The number of carboxylic acids is 1. The number of aryl methyl sites for hydroxylation is 2. The van der Waals surface area contributed by atoms with Crippen LogP contribution in [0.15, 0.2) is 28.0 Å². The molecular weight excluding hydrogens is 286 g/mol. The molecule has 0 fully saturated rings. The van der Waals surface area contributed by atoms with Crippen molar-refractivity contribution >= 4 is 16.0 Å². The van der Waals surface area contributed by atoms with Gasteiger partial charge < -0.3 is 14.1 Å². The first-order chi connectivity index (χ1) is 9.29. The Labute approximate surface area is 115 Å². The van der Waals surface area contributed by atoms with E-state index in [-0.39, 0.29) is 28.7 Å². The molecule has 108 valence electrons. The zero-order chi connectivity index (χ0) is 14.9. The summed E-state index contributed by atoms with van der Waals surface area (Å²) in [6.45, 7) is 1.35. The Morgan fingerprint density at radius 3 is 2.75 bits per heavy atom. The van der Waals surface area contributed by atoms with E-state index in [9.17, 15) is 13.2 Å². The van der Waals surface area contributed by atoms with Crippen molar-refractivity contribution in [2.45, 2.75) is 18.5 Å². The zero-order valence-electron chi connectivity index (χ0n) is 10.8. The first-order valence-corrected chi connectivity index (χ1v) is 7.08. The number of rotatable bonds is 5. The van der Waals surface area contributed by atoms with Crippen molar-refractivity contribution in [1.29, 1.82) is 0 Å². The highest BCUT2D eigenvalue weighted by molar-refractivity contribution is 7.89. The van der Waals surface area contributed by atoms with Gasteiger partial charge in [0.2, 0.25) is 0 Å². The van der Waals surface area contributed by atoms with Crippen LogP contribution in [0, 0.1) is 6.92 Å². The fourth-order valence-electron chi connectivity index (χ4n) is 1.61. The maximum atomic E-state index is 11.9. The lowest BCUT2D eigenvalue weighted by atomic mass is 10.2. The van der Waals surface area contributed by atoms with Gasteiger partial charge in [0.05, 0.1) is 12.9 Å². The van der Waals surface area contributed by atoms with Crippen molar-refractivity contribution in [3.05, 3.63) is 35.7 Å². The number of sulfonamides is 1. The minimum Gasteiger partial charge on any atom is -0.478 e. The smallest absolute Gasteiger partial charge is 0.339 e. The second-order valence-corrected chi connectivity index (χ2v) is 5.90. The van der Waals surface area contributed by atoms with Crippen molar-refractivity contribution in [3.63, 3.8) is 0 Å². The van der Waals surface area contributed by atoms with Crippen molar-refractivity contribution in [2.24, 2.45) is 7.05 Å². The van der Waals surface area contributed by atoms with Crippen LogP contribution in [-0.4, -0.2) is 29.0 Å². The summed E-state index contributed by atoms with van der Waals surface area (Å²) in [5, 5.41) is 8.77. The summed E-state index contributed by atoms with van der Waals surface area (Å²) < 4.78 is 32.8. The maximum absolute atomic E-state index is 11.9. The lowest BCUT2D eigenvalue weighted by Gasteiger charge is -2.01. The van der Waals surface area contributed by atoms with Gasteiger partial charge in [0.15, 0.2) is 5.03 Å². The summed E-state index contributed by atoms with van der Waals surface area (Å²) >= 11 is 0. The van der Waals surface area contributed by atoms with Crippen LogP contribution < -0.4 is 4.72 Å². The van der Waals surface area contributed by atoms with Crippen molar-refractivity contribution in [2.75, 3.05) is 0 Å². The molecule has 0 aliphatic rings.